The molecular weight excluding hydrogens is 198 g/mol. The summed E-state index contributed by atoms with van der Waals surface area (Å²) in [5.41, 5.74) is 0.972. The molecule has 0 fully saturated rings. The summed E-state index contributed by atoms with van der Waals surface area (Å²) in [6, 6.07) is 14.3. The third kappa shape index (κ3) is 2.40. The summed E-state index contributed by atoms with van der Waals surface area (Å²) < 4.78 is 0. The van der Waals surface area contributed by atoms with Crippen LogP contribution < -0.4 is 5.32 Å². The fraction of sp³-hybridized carbons (Fsp3) is 0.286. The van der Waals surface area contributed by atoms with Crippen LogP contribution in [-0.2, 0) is 0 Å². The second-order valence-electron chi connectivity index (χ2n) is 3.93. The molecule has 84 valence electrons. The zero-order chi connectivity index (χ0) is 11.4. The van der Waals surface area contributed by atoms with Gasteiger partial charge in [-0.3, -0.25) is 0 Å². The van der Waals surface area contributed by atoms with Crippen LogP contribution in [0.2, 0.25) is 0 Å². The highest BCUT2D eigenvalue weighted by Crippen LogP contribution is 2.19. The molecule has 2 nitrogen and oxygen atoms in total. The van der Waals surface area contributed by atoms with E-state index in [0.717, 1.165) is 12.1 Å². The maximum Gasteiger partial charge on any atom is 0.0914 e. The number of benzene rings is 2. The minimum atomic E-state index is -0.426. The number of aliphatic hydroxyl groups is 1. The van der Waals surface area contributed by atoms with E-state index in [1.165, 1.54) is 10.8 Å². The summed E-state index contributed by atoms with van der Waals surface area (Å²) in [6.07, 6.45) is -0.426. The second kappa shape index (κ2) is 5.10. The standard InChI is InChI=1S/C14H17NO/c1-2-15-10-14(16)13-8-7-11-5-3-4-6-12(11)9-13/h3-9,14-16H,2,10H2,1H3/t14-/m0/s1. The van der Waals surface area contributed by atoms with Gasteiger partial charge >= 0.3 is 0 Å². The van der Waals surface area contributed by atoms with Crippen LogP contribution in [0.25, 0.3) is 10.8 Å². The molecule has 0 saturated heterocycles. The van der Waals surface area contributed by atoms with Crippen LogP contribution in [0.5, 0.6) is 0 Å². The van der Waals surface area contributed by atoms with Gasteiger partial charge in [0.25, 0.3) is 0 Å². The molecule has 2 N–H and O–H groups in total. The summed E-state index contributed by atoms with van der Waals surface area (Å²) in [6.45, 7) is 3.52. The monoisotopic (exact) mass is 215 g/mol. The van der Waals surface area contributed by atoms with Gasteiger partial charge < -0.3 is 10.4 Å². The highest BCUT2D eigenvalue weighted by Gasteiger charge is 2.06. The molecule has 16 heavy (non-hydrogen) atoms. The largest absolute Gasteiger partial charge is 0.387 e. The van der Waals surface area contributed by atoms with E-state index in [-0.39, 0.29) is 0 Å². The quantitative estimate of drug-likeness (QED) is 0.821. The van der Waals surface area contributed by atoms with Gasteiger partial charge in [-0.2, -0.15) is 0 Å². The minimum Gasteiger partial charge on any atom is -0.387 e. The van der Waals surface area contributed by atoms with Crippen molar-refractivity contribution in [3.63, 3.8) is 0 Å². The van der Waals surface area contributed by atoms with Crippen LogP contribution in [-0.4, -0.2) is 18.2 Å². The zero-order valence-electron chi connectivity index (χ0n) is 9.48. The maximum atomic E-state index is 9.95. The predicted octanol–water partition coefficient (Wildman–Crippen LogP) is 2.48. The van der Waals surface area contributed by atoms with Gasteiger partial charge in [-0.1, -0.05) is 43.3 Å². The first-order chi connectivity index (χ1) is 7.81. The fourth-order valence-corrected chi connectivity index (χ4v) is 1.81. The molecule has 2 rings (SSSR count). The van der Waals surface area contributed by atoms with Crippen LogP contribution in [0, 0.1) is 0 Å². The highest BCUT2D eigenvalue weighted by atomic mass is 16.3. The highest BCUT2D eigenvalue weighted by molar-refractivity contribution is 5.83. The van der Waals surface area contributed by atoms with Crippen molar-refractivity contribution in [1.29, 1.82) is 0 Å². The molecular formula is C14H17NO. The lowest BCUT2D eigenvalue weighted by Crippen LogP contribution is -2.20. The summed E-state index contributed by atoms with van der Waals surface area (Å²) in [7, 11) is 0. The van der Waals surface area contributed by atoms with Gasteiger partial charge in [-0.05, 0) is 28.9 Å². The van der Waals surface area contributed by atoms with Crippen molar-refractivity contribution in [3.8, 4) is 0 Å². The lowest BCUT2D eigenvalue weighted by molar-refractivity contribution is 0.176. The predicted molar refractivity (Wildman–Crippen MR) is 67.5 cm³/mol. The molecule has 2 heteroatoms. The van der Waals surface area contributed by atoms with Crippen LogP contribution >= 0.6 is 0 Å². The second-order valence-corrected chi connectivity index (χ2v) is 3.93. The van der Waals surface area contributed by atoms with E-state index in [4.69, 9.17) is 0 Å². The van der Waals surface area contributed by atoms with Gasteiger partial charge in [0, 0.05) is 6.54 Å². The van der Waals surface area contributed by atoms with Gasteiger partial charge in [-0.25, -0.2) is 0 Å². The van der Waals surface area contributed by atoms with E-state index in [1.54, 1.807) is 0 Å². The molecule has 0 bridgehead atoms. The van der Waals surface area contributed by atoms with Gasteiger partial charge in [0.1, 0.15) is 0 Å². The fourth-order valence-electron chi connectivity index (χ4n) is 1.81. The lowest BCUT2D eigenvalue weighted by atomic mass is 10.0. The molecule has 2 aromatic rings. The number of hydrogen-bond donors (Lipinski definition) is 2. The van der Waals surface area contributed by atoms with Gasteiger partial charge in [0.05, 0.1) is 6.10 Å². The normalized spacial score (nSPS) is 12.9. The summed E-state index contributed by atoms with van der Waals surface area (Å²) in [5.74, 6) is 0. The molecule has 2 aromatic carbocycles. The summed E-state index contributed by atoms with van der Waals surface area (Å²) >= 11 is 0. The Kier molecular flexibility index (Phi) is 3.54. The summed E-state index contributed by atoms with van der Waals surface area (Å²) in [5, 5.41) is 15.5. The van der Waals surface area contributed by atoms with Crippen LogP contribution in [0.3, 0.4) is 0 Å². The molecule has 0 spiro atoms. The molecule has 0 aliphatic carbocycles. The van der Waals surface area contributed by atoms with Crippen molar-refractivity contribution in [1.82, 2.24) is 5.32 Å². The van der Waals surface area contributed by atoms with Gasteiger partial charge in [0.2, 0.25) is 0 Å². The molecule has 0 aromatic heterocycles. The Balaban J connectivity index is 2.25. The maximum absolute atomic E-state index is 9.95. The topological polar surface area (TPSA) is 32.3 Å². The Hall–Kier alpha value is -1.38. The number of nitrogens with one attached hydrogen (secondary N) is 1. The van der Waals surface area contributed by atoms with Crippen LogP contribution in [0.15, 0.2) is 42.5 Å². The van der Waals surface area contributed by atoms with E-state index in [2.05, 4.69) is 29.6 Å². The molecule has 0 amide bonds. The van der Waals surface area contributed by atoms with E-state index < -0.39 is 6.10 Å². The van der Waals surface area contributed by atoms with Crippen molar-refractivity contribution in [2.45, 2.75) is 13.0 Å². The number of rotatable bonds is 4. The Morgan fingerprint density at radius 2 is 1.88 bits per heavy atom. The number of fused-ring (bicyclic) bond motifs is 1. The molecule has 0 unspecified atom stereocenters. The van der Waals surface area contributed by atoms with Crippen molar-refractivity contribution < 1.29 is 5.11 Å². The first-order valence-electron chi connectivity index (χ1n) is 5.68. The van der Waals surface area contributed by atoms with E-state index >= 15 is 0 Å². The Morgan fingerprint density at radius 3 is 2.62 bits per heavy atom. The van der Waals surface area contributed by atoms with Crippen molar-refractivity contribution in [2.24, 2.45) is 0 Å². The lowest BCUT2D eigenvalue weighted by Gasteiger charge is -2.12. The number of likely N-dealkylation sites (N-methyl/N-ethyl adjacent to an activating group) is 1. The average molecular weight is 215 g/mol. The molecule has 1 atom stereocenters. The average Bonchev–Trinajstić information content (AvgIpc) is 2.35. The number of aliphatic hydroxyl groups excluding tert-OH is 1. The minimum absolute atomic E-state index is 0.426. The van der Waals surface area contributed by atoms with E-state index in [0.29, 0.717) is 6.54 Å². The molecule has 0 aliphatic rings. The molecule has 0 heterocycles. The first kappa shape index (κ1) is 11.1. The van der Waals surface area contributed by atoms with Gasteiger partial charge in [0.15, 0.2) is 0 Å². The third-order valence-electron chi connectivity index (χ3n) is 2.75. The van der Waals surface area contributed by atoms with E-state index in [9.17, 15) is 5.11 Å². The molecule has 0 radical (unpaired) electrons. The Morgan fingerprint density at radius 1 is 1.12 bits per heavy atom. The zero-order valence-corrected chi connectivity index (χ0v) is 9.48. The van der Waals surface area contributed by atoms with Crippen LogP contribution in [0.4, 0.5) is 0 Å². The first-order valence-corrected chi connectivity index (χ1v) is 5.68. The molecule has 0 saturated carbocycles. The Bertz CT molecular complexity index is 467. The summed E-state index contributed by atoms with van der Waals surface area (Å²) in [4.78, 5) is 0. The third-order valence-corrected chi connectivity index (χ3v) is 2.75. The smallest absolute Gasteiger partial charge is 0.0914 e. The van der Waals surface area contributed by atoms with Crippen molar-refractivity contribution in [2.75, 3.05) is 13.1 Å². The van der Waals surface area contributed by atoms with Crippen molar-refractivity contribution >= 4 is 10.8 Å². The Labute approximate surface area is 95.9 Å². The van der Waals surface area contributed by atoms with E-state index in [1.807, 2.05) is 25.1 Å². The van der Waals surface area contributed by atoms with Gasteiger partial charge in [-0.15, -0.1) is 0 Å². The number of hydrogen-bond acceptors (Lipinski definition) is 2. The SMILES string of the molecule is CCNC[C@H](O)c1ccc2ccccc2c1. The van der Waals surface area contributed by atoms with Crippen LogP contribution in [0.1, 0.15) is 18.6 Å². The molecule has 0 aliphatic heterocycles. The van der Waals surface area contributed by atoms with Crippen molar-refractivity contribution in [3.05, 3.63) is 48.0 Å².